The van der Waals surface area contributed by atoms with Gasteiger partial charge in [-0.1, -0.05) is 30.1 Å². The maximum absolute atomic E-state index is 14.8. The summed E-state index contributed by atoms with van der Waals surface area (Å²) in [6, 6.07) is 1.91. The molecular weight excluding hydrogens is 541 g/mol. The fraction of sp³-hybridized carbons (Fsp3) is 0.500. The lowest BCUT2D eigenvalue weighted by Crippen LogP contribution is -2.39. The molecule has 1 saturated carbocycles. The quantitative estimate of drug-likeness (QED) is 0.301. The third kappa shape index (κ3) is 5.16. The highest BCUT2D eigenvalue weighted by Gasteiger charge is 2.39. The number of rotatable bonds is 6. The number of hydrogen-bond donors (Lipinski definition) is 3. The van der Waals surface area contributed by atoms with Crippen LogP contribution >= 0.6 is 23.2 Å². The number of halogens is 4. The molecule has 0 spiro atoms. The molecule has 1 saturated heterocycles. The van der Waals surface area contributed by atoms with E-state index in [1.54, 1.807) is 0 Å². The zero-order valence-corrected chi connectivity index (χ0v) is 22.0. The van der Waals surface area contributed by atoms with Crippen LogP contribution in [0, 0.1) is 16.8 Å². The first-order chi connectivity index (χ1) is 18.2. The molecule has 0 radical (unpaired) electrons. The molecule has 1 aliphatic carbocycles. The second kappa shape index (κ2) is 10.7. The van der Waals surface area contributed by atoms with Gasteiger partial charge in [-0.3, -0.25) is 9.36 Å². The van der Waals surface area contributed by atoms with E-state index in [0.29, 0.717) is 49.9 Å². The number of anilines is 3. The summed E-state index contributed by atoms with van der Waals surface area (Å²) in [4.78, 5) is 25.8. The molecule has 3 heterocycles. The summed E-state index contributed by atoms with van der Waals surface area (Å²) >= 11 is 12.2. The van der Waals surface area contributed by atoms with Gasteiger partial charge in [0.25, 0.3) is 5.91 Å². The van der Waals surface area contributed by atoms with Gasteiger partial charge in [0.15, 0.2) is 5.65 Å². The summed E-state index contributed by atoms with van der Waals surface area (Å²) in [5, 5.41) is 9.42. The first-order valence-electron chi connectivity index (χ1n) is 12.3. The first-order valence-corrected chi connectivity index (χ1v) is 13.0. The predicted molar refractivity (Wildman–Crippen MR) is 139 cm³/mol. The molecule has 14 heteroatoms. The Morgan fingerprint density at radius 2 is 2.03 bits per heavy atom. The Kier molecular flexibility index (Phi) is 7.47. The molecule has 2 atom stereocenters. The van der Waals surface area contributed by atoms with Crippen LogP contribution in [0.1, 0.15) is 45.1 Å². The maximum atomic E-state index is 14.8. The highest BCUT2D eigenvalue weighted by Crippen LogP contribution is 2.44. The number of imidazole rings is 1. The number of carbonyl (C=O) groups is 1. The molecule has 2 aliphatic rings. The molecule has 2 aromatic heterocycles. The summed E-state index contributed by atoms with van der Waals surface area (Å²) in [6.07, 6.45) is 2.91. The van der Waals surface area contributed by atoms with Gasteiger partial charge in [-0.15, -0.1) is 5.11 Å². The molecular formula is C24H26Cl2F2N8O2. The van der Waals surface area contributed by atoms with Crippen molar-refractivity contribution >= 4 is 57.9 Å². The summed E-state index contributed by atoms with van der Waals surface area (Å²) in [5.74, 6) is -0.582. The summed E-state index contributed by atoms with van der Waals surface area (Å²) < 4.78 is 36.2. The topological polar surface area (TPSA) is 130 Å². The molecule has 3 aromatic rings. The Morgan fingerprint density at radius 1 is 1.26 bits per heavy atom. The van der Waals surface area contributed by atoms with Crippen molar-refractivity contribution < 1.29 is 18.3 Å². The number of aromatic nitrogens is 4. The second-order valence-corrected chi connectivity index (χ2v) is 10.8. The molecule has 0 unspecified atom stereocenters. The molecule has 38 heavy (non-hydrogen) atoms. The molecule has 1 amide bonds. The molecule has 0 bridgehead atoms. The van der Waals surface area contributed by atoms with Crippen molar-refractivity contribution in [1.82, 2.24) is 19.5 Å². The smallest absolute Gasteiger partial charge is 0.269 e. The van der Waals surface area contributed by atoms with Crippen LogP contribution in [0.3, 0.4) is 0 Å². The van der Waals surface area contributed by atoms with Crippen molar-refractivity contribution in [2.24, 2.45) is 10.5 Å². The van der Waals surface area contributed by atoms with Gasteiger partial charge in [-0.2, -0.15) is 4.98 Å². The molecule has 202 valence electrons. The highest BCUT2D eigenvalue weighted by atomic mass is 35.5. The Labute approximate surface area is 227 Å². The third-order valence-electron chi connectivity index (χ3n) is 7.32. The van der Waals surface area contributed by atoms with E-state index in [0.717, 1.165) is 6.07 Å². The van der Waals surface area contributed by atoms with E-state index in [2.05, 4.69) is 30.7 Å². The molecule has 2 fully saturated rings. The minimum atomic E-state index is -1.20. The number of ether oxygens (including phenoxy) is 1. The first kappa shape index (κ1) is 26.6. The maximum Gasteiger partial charge on any atom is 0.269 e. The van der Waals surface area contributed by atoms with Crippen LogP contribution < -0.4 is 10.6 Å². The van der Waals surface area contributed by atoms with Crippen molar-refractivity contribution in [3.8, 4) is 0 Å². The van der Waals surface area contributed by atoms with Gasteiger partial charge in [0.05, 0.1) is 35.0 Å². The second-order valence-electron chi connectivity index (χ2n) is 9.92. The van der Waals surface area contributed by atoms with Crippen molar-refractivity contribution in [3.05, 3.63) is 34.2 Å². The number of alkyl halides is 1. The van der Waals surface area contributed by atoms with E-state index in [-0.39, 0.29) is 40.3 Å². The zero-order valence-electron chi connectivity index (χ0n) is 20.5. The standard InChI is InChI=1S/C24H26Cl2F2N8O2/c1-24(21(37)35-29)5-2-13(3-6-24)36-20-18(10-30-22(34-20)31-17-4-7-38-11-16(17)28)32-23(36)33-19-14(26)8-12(25)9-15(19)27/h8-10,13,16-17,29H,2-7,11H2,1H3,(H,32,33)(H,30,31,34)/t13?,16-,17+,24?/m1/s1. The van der Waals surface area contributed by atoms with E-state index in [4.69, 9.17) is 33.5 Å². The molecule has 1 aromatic carbocycles. The lowest BCUT2D eigenvalue weighted by atomic mass is 9.73. The van der Waals surface area contributed by atoms with Crippen LogP contribution in [-0.4, -0.2) is 50.9 Å². The van der Waals surface area contributed by atoms with E-state index < -0.39 is 29.4 Å². The summed E-state index contributed by atoms with van der Waals surface area (Å²) in [6.45, 7) is 2.25. The van der Waals surface area contributed by atoms with Crippen LogP contribution in [0.4, 0.5) is 26.4 Å². The lowest BCUT2D eigenvalue weighted by molar-refractivity contribution is -0.129. The van der Waals surface area contributed by atoms with Crippen LogP contribution in [0.25, 0.3) is 11.2 Å². The largest absolute Gasteiger partial charge is 0.378 e. The van der Waals surface area contributed by atoms with E-state index in [9.17, 15) is 13.6 Å². The highest BCUT2D eigenvalue weighted by molar-refractivity contribution is 6.36. The number of benzene rings is 1. The average molecular weight is 567 g/mol. The number of hydrogen-bond acceptors (Lipinski definition) is 8. The number of nitrogens with one attached hydrogen (secondary N) is 3. The van der Waals surface area contributed by atoms with Gasteiger partial charge in [0.1, 0.15) is 17.5 Å². The van der Waals surface area contributed by atoms with Gasteiger partial charge in [-0.05, 0) is 44.2 Å². The molecule has 1 aliphatic heterocycles. The Balaban J connectivity index is 1.53. The lowest BCUT2D eigenvalue weighted by Gasteiger charge is -2.35. The summed E-state index contributed by atoms with van der Waals surface area (Å²) in [7, 11) is 0. The van der Waals surface area contributed by atoms with Crippen molar-refractivity contribution in [3.63, 3.8) is 0 Å². The van der Waals surface area contributed by atoms with Crippen LogP contribution in [0.2, 0.25) is 10.0 Å². The minimum absolute atomic E-state index is 0.00347. The van der Waals surface area contributed by atoms with Gasteiger partial charge in [0.2, 0.25) is 11.9 Å². The fourth-order valence-corrected chi connectivity index (χ4v) is 5.56. The average Bonchev–Trinajstić information content (AvgIpc) is 3.24. The molecule has 10 nitrogen and oxygen atoms in total. The fourth-order valence-electron chi connectivity index (χ4n) is 5.05. The van der Waals surface area contributed by atoms with E-state index in [1.165, 1.54) is 12.3 Å². The SMILES string of the molecule is CC1(C(=O)N=N)CCC(n2c(Nc3c(F)cc(Cl)cc3Cl)nc3cnc(N[C@H]4CCOC[C@H]4F)nc32)CC1. The van der Waals surface area contributed by atoms with Gasteiger partial charge >= 0.3 is 0 Å². The number of nitrogens with zero attached hydrogens (tertiary/aromatic N) is 5. The number of carbonyl (C=O) groups excluding carboxylic acids is 1. The Hall–Kier alpha value is -2.96. The van der Waals surface area contributed by atoms with Gasteiger partial charge < -0.3 is 15.4 Å². The number of fused-ring (bicyclic) bond motifs is 1. The normalized spacial score (nSPS) is 25.8. The Bertz CT molecular complexity index is 1360. The molecule has 3 N–H and O–H groups in total. The number of amides is 1. The van der Waals surface area contributed by atoms with Crippen LogP contribution in [0.5, 0.6) is 0 Å². The van der Waals surface area contributed by atoms with Crippen molar-refractivity contribution in [2.45, 2.75) is 57.3 Å². The monoisotopic (exact) mass is 566 g/mol. The summed E-state index contributed by atoms with van der Waals surface area (Å²) in [5.41, 5.74) is 7.34. The van der Waals surface area contributed by atoms with E-state index >= 15 is 0 Å². The van der Waals surface area contributed by atoms with Crippen LogP contribution in [-0.2, 0) is 9.53 Å². The van der Waals surface area contributed by atoms with Crippen molar-refractivity contribution in [2.75, 3.05) is 23.8 Å². The van der Waals surface area contributed by atoms with Crippen molar-refractivity contribution in [1.29, 1.82) is 5.53 Å². The Morgan fingerprint density at radius 3 is 2.71 bits per heavy atom. The predicted octanol–water partition coefficient (Wildman–Crippen LogP) is 6.23. The van der Waals surface area contributed by atoms with Gasteiger partial charge in [-0.25, -0.2) is 24.3 Å². The van der Waals surface area contributed by atoms with E-state index in [1.807, 2.05) is 11.5 Å². The minimum Gasteiger partial charge on any atom is -0.378 e. The third-order valence-corrected chi connectivity index (χ3v) is 7.84. The van der Waals surface area contributed by atoms with Crippen LogP contribution in [0.15, 0.2) is 23.4 Å². The van der Waals surface area contributed by atoms with Gasteiger partial charge in [0, 0.05) is 17.7 Å². The zero-order chi connectivity index (χ0) is 27.0. The molecule has 5 rings (SSSR count).